The van der Waals surface area contributed by atoms with Crippen LogP contribution in [0.5, 0.6) is 0 Å². The van der Waals surface area contributed by atoms with Gasteiger partial charge in [0.1, 0.15) is 6.54 Å². The fraction of sp³-hybridized carbons (Fsp3) is 0.800. The second-order valence-corrected chi connectivity index (χ2v) is 6.63. The van der Waals surface area contributed by atoms with Crippen LogP contribution in [-0.4, -0.2) is 23.5 Å². The van der Waals surface area contributed by atoms with Crippen molar-refractivity contribution in [3.63, 3.8) is 0 Å². The van der Waals surface area contributed by atoms with Gasteiger partial charge in [0.15, 0.2) is 0 Å². The van der Waals surface area contributed by atoms with E-state index in [1.807, 2.05) is 0 Å². The van der Waals surface area contributed by atoms with Gasteiger partial charge in [0, 0.05) is 6.42 Å². The average Bonchev–Trinajstić information content (AvgIpc) is 2.58. The Morgan fingerprint density at radius 3 is 1.88 bits per heavy atom. The van der Waals surface area contributed by atoms with E-state index in [-0.39, 0.29) is 12.5 Å². The van der Waals surface area contributed by atoms with Crippen LogP contribution in [0.2, 0.25) is 0 Å². The molecule has 3 N–H and O–H groups in total. The minimum atomic E-state index is -0.985. The molecule has 25 heavy (non-hydrogen) atoms. The largest absolute Gasteiger partial charge is 0.480 e. The van der Waals surface area contributed by atoms with Gasteiger partial charge in [-0.05, 0) is 32.1 Å². The molecule has 0 aliphatic rings. The Bertz CT molecular complexity index is 357. The Morgan fingerprint density at radius 2 is 1.32 bits per heavy atom. The van der Waals surface area contributed by atoms with Crippen LogP contribution >= 0.6 is 0 Å². The summed E-state index contributed by atoms with van der Waals surface area (Å²) >= 11 is 0. The van der Waals surface area contributed by atoms with Crippen molar-refractivity contribution in [2.24, 2.45) is 0 Å². The van der Waals surface area contributed by atoms with Crippen LogP contribution in [-0.2, 0) is 9.59 Å². The second kappa shape index (κ2) is 19.0. The van der Waals surface area contributed by atoms with Crippen molar-refractivity contribution in [2.45, 2.75) is 96.8 Å². The molecule has 0 unspecified atom stereocenters. The van der Waals surface area contributed by atoms with Gasteiger partial charge < -0.3 is 5.11 Å². The average molecular weight is 355 g/mol. The van der Waals surface area contributed by atoms with E-state index < -0.39 is 5.97 Å². The fourth-order valence-corrected chi connectivity index (χ4v) is 2.64. The van der Waals surface area contributed by atoms with Gasteiger partial charge in [0.25, 0.3) is 0 Å². The van der Waals surface area contributed by atoms with Crippen LogP contribution < -0.4 is 10.9 Å². The molecular formula is C20H38N2O3. The van der Waals surface area contributed by atoms with E-state index in [0.29, 0.717) is 6.42 Å². The minimum Gasteiger partial charge on any atom is -0.480 e. The number of amides is 1. The maximum atomic E-state index is 11.4. The van der Waals surface area contributed by atoms with E-state index in [4.69, 9.17) is 5.11 Å². The smallest absolute Gasteiger partial charge is 0.319 e. The lowest BCUT2D eigenvalue weighted by molar-refractivity contribution is -0.136. The number of carbonyl (C=O) groups excluding carboxylic acids is 1. The van der Waals surface area contributed by atoms with E-state index in [2.05, 4.69) is 29.9 Å². The Hall–Kier alpha value is -1.36. The first kappa shape index (κ1) is 23.6. The van der Waals surface area contributed by atoms with Crippen LogP contribution in [0, 0.1) is 0 Å². The Balaban J connectivity index is 3.21. The summed E-state index contributed by atoms with van der Waals surface area (Å²) in [6, 6.07) is 0. The molecule has 0 aliphatic carbocycles. The van der Waals surface area contributed by atoms with E-state index in [1.165, 1.54) is 57.8 Å². The summed E-state index contributed by atoms with van der Waals surface area (Å²) in [7, 11) is 0. The van der Waals surface area contributed by atoms with Crippen LogP contribution in [0.15, 0.2) is 12.2 Å². The molecule has 0 fully saturated rings. The molecule has 146 valence electrons. The number of allylic oxidation sites excluding steroid dienone is 2. The molecule has 5 nitrogen and oxygen atoms in total. The van der Waals surface area contributed by atoms with E-state index >= 15 is 0 Å². The third-order valence-electron chi connectivity index (χ3n) is 4.13. The predicted molar refractivity (Wildman–Crippen MR) is 103 cm³/mol. The maximum Gasteiger partial charge on any atom is 0.319 e. The zero-order valence-corrected chi connectivity index (χ0v) is 16.0. The van der Waals surface area contributed by atoms with Crippen molar-refractivity contribution in [3.05, 3.63) is 12.2 Å². The van der Waals surface area contributed by atoms with Crippen molar-refractivity contribution in [1.29, 1.82) is 0 Å². The Kier molecular flexibility index (Phi) is 17.9. The first-order valence-electron chi connectivity index (χ1n) is 10.0. The Labute approximate surface area is 153 Å². The van der Waals surface area contributed by atoms with Gasteiger partial charge in [-0.2, -0.15) is 0 Å². The maximum absolute atomic E-state index is 11.4. The summed E-state index contributed by atoms with van der Waals surface area (Å²) in [5, 5.41) is 8.42. The number of nitrogens with one attached hydrogen (secondary N) is 2. The molecule has 0 aromatic heterocycles. The van der Waals surface area contributed by atoms with Gasteiger partial charge in [-0.3, -0.25) is 15.0 Å². The van der Waals surface area contributed by atoms with Crippen molar-refractivity contribution in [3.8, 4) is 0 Å². The number of carboxylic acids is 1. The molecular weight excluding hydrogens is 316 g/mol. The first-order chi connectivity index (χ1) is 12.2. The molecule has 0 spiro atoms. The molecule has 0 saturated carbocycles. The summed E-state index contributed by atoms with van der Waals surface area (Å²) in [5.74, 6) is -1.12. The molecule has 1 amide bonds. The highest BCUT2D eigenvalue weighted by molar-refractivity contribution is 5.76. The molecule has 0 bridgehead atoms. The number of aliphatic carboxylic acids is 1. The van der Waals surface area contributed by atoms with Crippen molar-refractivity contribution < 1.29 is 14.7 Å². The Morgan fingerprint density at radius 1 is 0.800 bits per heavy atom. The number of hydrazine groups is 1. The third-order valence-corrected chi connectivity index (χ3v) is 4.13. The lowest BCUT2D eigenvalue weighted by Gasteiger charge is -2.04. The molecule has 0 aromatic carbocycles. The molecule has 0 atom stereocenters. The van der Waals surface area contributed by atoms with Gasteiger partial charge in [0.2, 0.25) is 5.91 Å². The van der Waals surface area contributed by atoms with E-state index in [9.17, 15) is 9.59 Å². The summed E-state index contributed by atoms with van der Waals surface area (Å²) in [5.41, 5.74) is 4.76. The molecule has 0 heterocycles. The van der Waals surface area contributed by atoms with Crippen molar-refractivity contribution in [2.75, 3.05) is 6.54 Å². The number of carboxylic acid groups (broad SMARTS) is 1. The molecule has 0 rings (SSSR count). The highest BCUT2D eigenvalue weighted by Crippen LogP contribution is 2.09. The van der Waals surface area contributed by atoms with Crippen LogP contribution in [0.4, 0.5) is 0 Å². The summed E-state index contributed by atoms with van der Waals surface area (Å²) in [6.07, 6.45) is 21.1. The molecule has 5 heteroatoms. The number of hydrogen-bond donors (Lipinski definition) is 3. The van der Waals surface area contributed by atoms with Gasteiger partial charge in [0.05, 0.1) is 0 Å². The van der Waals surface area contributed by atoms with E-state index in [0.717, 1.165) is 25.7 Å². The van der Waals surface area contributed by atoms with Crippen LogP contribution in [0.25, 0.3) is 0 Å². The third kappa shape index (κ3) is 20.6. The van der Waals surface area contributed by atoms with Crippen molar-refractivity contribution >= 4 is 11.9 Å². The van der Waals surface area contributed by atoms with Gasteiger partial charge in [-0.15, -0.1) is 0 Å². The van der Waals surface area contributed by atoms with Crippen LogP contribution in [0.1, 0.15) is 96.8 Å². The normalized spacial score (nSPS) is 11.1. The summed E-state index contributed by atoms with van der Waals surface area (Å²) in [6.45, 7) is 2.00. The van der Waals surface area contributed by atoms with Gasteiger partial charge >= 0.3 is 5.97 Å². The lowest BCUT2D eigenvalue weighted by Crippen LogP contribution is -2.40. The minimum absolute atomic E-state index is 0.140. The highest BCUT2D eigenvalue weighted by atomic mass is 16.4. The van der Waals surface area contributed by atoms with Crippen molar-refractivity contribution in [1.82, 2.24) is 10.9 Å². The quantitative estimate of drug-likeness (QED) is 0.189. The fourth-order valence-electron chi connectivity index (χ4n) is 2.64. The lowest BCUT2D eigenvalue weighted by atomic mass is 10.1. The number of carbonyl (C=O) groups is 2. The van der Waals surface area contributed by atoms with Gasteiger partial charge in [-0.1, -0.05) is 70.4 Å². The molecule has 0 saturated heterocycles. The van der Waals surface area contributed by atoms with E-state index in [1.54, 1.807) is 0 Å². The number of hydrogen-bond acceptors (Lipinski definition) is 3. The van der Waals surface area contributed by atoms with Gasteiger partial charge in [-0.25, -0.2) is 5.43 Å². The SMILES string of the molecule is CCCCCCCC/C=C\CCCCCCCC(=O)NNCC(=O)O. The highest BCUT2D eigenvalue weighted by Gasteiger charge is 2.01. The number of rotatable bonds is 18. The monoisotopic (exact) mass is 354 g/mol. The first-order valence-corrected chi connectivity index (χ1v) is 10.0. The summed E-state index contributed by atoms with van der Waals surface area (Å²) in [4.78, 5) is 21.7. The topological polar surface area (TPSA) is 78.4 Å². The molecule has 0 aromatic rings. The zero-order chi connectivity index (χ0) is 18.6. The number of unbranched alkanes of at least 4 members (excludes halogenated alkanes) is 11. The summed E-state index contributed by atoms with van der Waals surface area (Å²) < 4.78 is 0. The molecule has 0 radical (unpaired) electrons. The molecule has 0 aliphatic heterocycles. The zero-order valence-electron chi connectivity index (χ0n) is 16.0. The van der Waals surface area contributed by atoms with Crippen LogP contribution in [0.3, 0.4) is 0 Å². The predicted octanol–water partition coefficient (Wildman–Crippen LogP) is 4.73. The second-order valence-electron chi connectivity index (χ2n) is 6.63. The standard InChI is InChI=1S/C20H38N2O3/c1-2-3-4-5-6-7-8-9-10-11-12-13-14-15-16-17-19(23)22-21-18-20(24)25/h9-10,21H,2-8,11-18H2,1H3,(H,22,23)(H,24,25)/b10-9-.